The van der Waals surface area contributed by atoms with Crippen LogP contribution in [0.15, 0.2) is 18.2 Å². The van der Waals surface area contributed by atoms with E-state index in [2.05, 4.69) is 10.6 Å². The number of hydrogen-bond acceptors (Lipinski definition) is 3. The summed E-state index contributed by atoms with van der Waals surface area (Å²) in [6.07, 6.45) is 2.22. The van der Waals surface area contributed by atoms with Crippen LogP contribution in [0.25, 0.3) is 0 Å². The number of likely N-dealkylation sites (N-methyl/N-ethyl adjacent to an activating group) is 1. The van der Waals surface area contributed by atoms with Gasteiger partial charge in [0.05, 0.1) is 6.54 Å². The predicted octanol–water partition coefficient (Wildman–Crippen LogP) is 1.77. The van der Waals surface area contributed by atoms with Crippen LogP contribution in [-0.4, -0.2) is 32.6 Å². The molecule has 1 amide bonds. The molecule has 5 heteroatoms. The summed E-state index contributed by atoms with van der Waals surface area (Å²) in [5.41, 5.74) is 2.13. The van der Waals surface area contributed by atoms with Crippen LogP contribution in [0.2, 0.25) is 5.02 Å². The summed E-state index contributed by atoms with van der Waals surface area (Å²) in [7, 11) is 3.81. The van der Waals surface area contributed by atoms with Crippen LogP contribution in [0.3, 0.4) is 0 Å². The topological polar surface area (TPSA) is 44.4 Å². The number of halogens is 1. The maximum absolute atomic E-state index is 11.8. The molecule has 0 radical (unpaired) electrons. The lowest BCUT2D eigenvalue weighted by atomic mass is 10.1. The second-order valence-corrected chi connectivity index (χ2v) is 5.44. The minimum absolute atomic E-state index is 0.0698. The van der Waals surface area contributed by atoms with Gasteiger partial charge in [0.1, 0.15) is 0 Å². The number of nitrogens with one attached hydrogen (secondary N) is 2. The minimum atomic E-state index is 0.0698. The molecule has 0 saturated heterocycles. The molecule has 2 rings (SSSR count). The zero-order chi connectivity index (χ0) is 13.8. The Labute approximate surface area is 119 Å². The summed E-state index contributed by atoms with van der Waals surface area (Å²) in [4.78, 5) is 13.8. The standard InChI is InChI=1S/C14H20ClN3O/c1-16-8-10-3-4-11(15)7-13(10)18(2)9-14(19)17-12-5-6-12/h3-4,7,12,16H,5-6,8-9H2,1-2H3,(H,17,19). The molecule has 19 heavy (non-hydrogen) atoms. The third kappa shape index (κ3) is 4.11. The molecular formula is C14H20ClN3O. The predicted molar refractivity (Wildman–Crippen MR) is 78.7 cm³/mol. The normalized spacial score (nSPS) is 14.3. The van der Waals surface area contributed by atoms with Gasteiger partial charge in [0.25, 0.3) is 0 Å². The highest BCUT2D eigenvalue weighted by Gasteiger charge is 2.23. The molecule has 4 nitrogen and oxygen atoms in total. The van der Waals surface area contributed by atoms with E-state index in [0.717, 1.165) is 30.6 Å². The Hall–Kier alpha value is -1.26. The van der Waals surface area contributed by atoms with E-state index in [0.29, 0.717) is 17.6 Å². The van der Waals surface area contributed by atoms with Crippen molar-refractivity contribution in [3.63, 3.8) is 0 Å². The van der Waals surface area contributed by atoms with Crippen LogP contribution in [0.5, 0.6) is 0 Å². The largest absolute Gasteiger partial charge is 0.365 e. The lowest BCUT2D eigenvalue weighted by Gasteiger charge is -2.22. The molecule has 104 valence electrons. The second-order valence-electron chi connectivity index (χ2n) is 5.00. The highest BCUT2D eigenvalue weighted by Crippen LogP contribution is 2.24. The highest BCUT2D eigenvalue weighted by atomic mass is 35.5. The van der Waals surface area contributed by atoms with Crippen molar-refractivity contribution in [3.8, 4) is 0 Å². The first-order valence-electron chi connectivity index (χ1n) is 6.53. The fourth-order valence-electron chi connectivity index (χ4n) is 2.03. The number of nitrogens with zero attached hydrogens (tertiary/aromatic N) is 1. The first-order valence-corrected chi connectivity index (χ1v) is 6.91. The van der Waals surface area contributed by atoms with Crippen molar-refractivity contribution in [1.29, 1.82) is 0 Å². The molecule has 0 spiro atoms. The highest BCUT2D eigenvalue weighted by molar-refractivity contribution is 6.30. The first-order chi connectivity index (χ1) is 9.10. The average Bonchev–Trinajstić information content (AvgIpc) is 3.15. The number of benzene rings is 1. The van der Waals surface area contributed by atoms with E-state index in [1.54, 1.807) is 0 Å². The van der Waals surface area contributed by atoms with Crippen LogP contribution >= 0.6 is 11.6 Å². The zero-order valence-corrected chi connectivity index (χ0v) is 12.1. The second kappa shape index (κ2) is 6.26. The van der Waals surface area contributed by atoms with E-state index >= 15 is 0 Å². The Kier molecular flexibility index (Phi) is 4.66. The summed E-state index contributed by atoms with van der Waals surface area (Å²) in [5, 5.41) is 6.80. The van der Waals surface area contributed by atoms with Crippen molar-refractivity contribution in [2.75, 3.05) is 25.5 Å². The van der Waals surface area contributed by atoms with E-state index in [4.69, 9.17) is 11.6 Å². The number of anilines is 1. The smallest absolute Gasteiger partial charge is 0.239 e. The van der Waals surface area contributed by atoms with Gasteiger partial charge in [-0.25, -0.2) is 0 Å². The lowest BCUT2D eigenvalue weighted by Crippen LogP contribution is -2.36. The molecule has 1 aliphatic carbocycles. The molecule has 2 N–H and O–H groups in total. The number of carbonyl (C=O) groups excluding carboxylic acids is 1. The van der Waals surface area contributed by atoms with Gasteiger partial charge in [0.2, 0.25) is 5.91 Å². The van der Waals surface area contributed by atoms with Crippen molar-refractivity contribution < 1.29 is 4.79 Å². The van der Waals surface area contributed by atoms with Gasteiger partial charge in [-0.15, -0.1) is 0 Å². The van der Waals surface area contributed by atoms with Crippen LogP contribution in [0.1, 0.15) is 18.4 Å². The van der Waals surface area contributed by atoms with Gasteiger partial charge >= 0.3 is 0 Å². The fourth-order valence-corrected chi connectivity index (χ4v) is 2.20. The molecular weight excluding hydrogens is 262 g/mol. The molecule has 1 aliphatic rings. The Balaban J connectivity index is 2.05. The minimum Gasteiger partial charge on any atom is -0.365 e. The molecule has 1 aromatic carbocycles. The van der Waals surface area contributed by atoms with Crippen LogP contribution in [-0.2, 0) is 11.3 Å². The van der Waals surface area contributed by atoms with Gasteiger partial charge in [-0.1, -0.05) is 17.7 Å². The number of hydrogen-bond donors (Lipinski definition) is 2. The summed E-state index contributed by atoms with van der Waals surface area (Å²) >= 11 is 6.04. The molecule has 0 aromatic heterocycles. The third-order valence-corrected chi connectivity index (χ3v) is 3.38. The van der Waals surface area contributed by atoms with Gasteiger partial charge in [0.15, 0.2) is 0 Å². The molecule has 0 heterocycles. The van der Waals surface area contributed by atoms with Gasteiger partial charge in [-0.3, -0.25) is 4.79 Å². The number of amides is 1. The molecule has 0 atom stereocenters. The quantitative estimate of drug-likeness (QED) is 0.835. The average molecular weight is 282 g/mol. The maximum atomic E-state index is 11.8. The van der Waals surface area contributed by atoms with Crippen molar-refractivity contribution in [3.05, 3.63) is 28.8 Å². The Bertz CT molecular complexity index is 460. The SMILES string of the molecule is CNCc1ccc(Cl)cc1N(C)CC(=O)NC1CC1. The van der Waals surface area contributed by atoms with Gasteiger partial charge in [-0.05, 0) is 37.6 Å². The van der Waals surface area contributed by atoms with Gasteiger partial charge < -0.3 is 15.5 Å². The van der Waals surface area contributed by atoms with Crippen molar-refractivity contribution in [1.82, 2.24) is 10.6 Å². The molecule has 0 unspecified atom stereocenters. The van der Waals surface area contributed by atoms with E-state index in [1.165, 1.54) is 0 Å². The molecule has 1 fully saturated rings. The number of carbonyl (C=O) groups is 1. The fraction of sp³-hybridized carbons (Fsp3) is 0.500. The monoisotopic (exact) mass is 281 g/mol. The van der Waals surface area contributed by atoms with E-state index in [9.17, 15) is 4.79 Å². The molecule has 0 aliphatic heterocycles. The number of rotatable bonds is 6. The summed E-state index contributed by atoms with van der Waals surface area (Å²) in [6.45, 7) is 1.11. The summed E-state index contributed by atoms with van der Waals surface area (Å²) < 4.78 is 0. The van der Waals surface area contributed by atoms with E-state index in [-0.39, 0.29) is 5.91 Å². The maximum Gasteiger partial charge on any atom is 0.239 e. The lowest BCUT2D eigenvalue weighted by molar-refractivity contribution is -0.119. The van der Waals surface area contributed by atoms with Crippen molar-refractivity contribution >= 4 is 23.2 Å². The Morgan fingerprint density at radius 3 is 2.84 bits per heavy atom. The van der Waals surface area contributed by atoms with Crippen LogP contribution in [0, 0.1) is 0 Å². The van der Waals surface area contributed by atoms with Gasteiger partial charge in [-0.2, -0.15) is 0 Å². The summed E-state index contributed by atoms with van der Waals surface area (Å²) in [6, 6.07) is 6.16. The molecule has 0 bridgehead atoms. The van der Waals surface area contributed by atoms with Gasteiger partial charge in [0, 0.05) is 30.3 Å². The van der Waals surface area contributed by atoms with Crippen molar-refractivity contribution in [2.24, 2.45) is 0 Å². The first kappa shape index (κ1) is 14.2. The molecule has 1 saturated carbocycles. The van der Waals surface area contributed by atoms with Crippen LogP contribution < -0.4 is 15.5 Å². The Morgan fingerprint density at radius 1 is 1.47 bits per heavy atom. The van der Waals surface area contributed by atoms with Crippen molar-refractivity contribution in [2.45, 2.75) is 25.4 Å². The van der Waals surface area contributed by atoms with Crippen LogP contribution in [0.4, 0.5) is 5.69 Å². The Morgan fingerprint density at radius 2 is 2.21 bits per heavy atom. The van der Waals surface area contributed by atoms with E-state index < -0.39 is 0 Å². The van der Waals surface area contributed by atoms with E-state index in [1.807, 2.05) is 37.2 Å². The third-order valence-electron chi connectivity index (χ3n) is 3.15. The molecule has 1 aromatic rings. The zero-order valence-electron chi connectivity index (χ0n) is 11.4. The summed E-state index contributed by atoms with van der Waals surface area (Å²) in [5.74, 6) is 0.0698.